The Hall–Kier alpha value is -0.710. The minimum Gasteiger partial charge on any atom is -0.479 e. The molecule has 102 valence electrons. The van der Waals surface area contributed by atoms with Crippen LogP contribution in [0.25, 0.3) is 0 Å². The van der Waals surface area contributed by atoms with Crippen molar-refractivity contribution in [1.82, 2.24) is 0 Å². The van der Waals surface area contributed by atoms with E-state index in [4.69, 9.17) is 28.3 Å². The van der Waals surface area contributed by atoms with Crippen molar-refractivity contribution in [1.29, 1.82) is 0 Å². The average molecular weight is 318 g/mol. The molecule has 1 aliphatic rings. The van der Waals surface area contributed by atoms with E-state index >= 15 is 0 Å². The van der Waals surface area contributed by atoms with Crippen molar-refractivity contribution >= 4 is 46.0 Å². The van der Waals surface area contributed by atoms with Gasteiger partial charge < -0.3 is 5.11 Å². The van der Waals surface area contributed by atoms with Crippen LogP contribution in [0.2, 0.25) is 10.0 Å². The molecule has 3 nitrogen and oxygen atoms in total. The lowest BCUT2D eigenvalue weighted by molar-refractivity contribution is -0.141. The van der Waals surface area contributed by atoms with Crippen LogP contribution in [0.3, 0.4) is 0 Å². The first-order valence-electron chi connectivity index (χ1n) is 5.80. The Balaban J connectivity index is 2.07. The van der Waals surface area contributed by atoms with E-state index < -0.39 is 11.5 Å². The summed E-state index contributed by atoms with van der Waals surface area (Å²) in [5.41, 5.74) is -0.109. The number of carbonyl (C=O) groups is 1. The van der Waals surface area contributed by atoms with Crippen molar-refractivity contribution in [2.24, 2.45) is 4.99 Å². The summed E-state index contributed by atoms with van der Waals surface area (Å²) in [4.78, 5) is 15.4. The summed E-state index contributed by atoms with van der Waals surface area (Å²) in [6.07, 6.45) is 1.33. The van der Waals surface area contributed by atoms with Crippen LogP contribution in [-0.4, -0.2) is 27.4 Å². The van der Waals surface area contributed by atoms with Gasteiger partial charge in [-0.3, -0.25) is 4.99 Å². The van der Waals surface area contributed by atoms with Gasteiger partial charge in [0, 0.05) is 15.8 Å². The molecule has 1 aliphatic heterocycles. The molecule has 0 amide bonds. The molecule has 0 aliphatic carbocycles. The zero-order valence-corrected chi connectivity index (χ0v) is 12.6. The molecule has 1 N–H and O–H groups in total. The maximum Gasteiger partial charge on any atom is 0.332 e. The molecule has 0 spiro atoms. The summed E-state index contributed by atoms with van der Waals surface area (Å²) in [6, 6.07) is 5.40. The van der Waals surface area contributed by atoms with Crippen molar-refractivity contribution in [3.8, 4) is 0 Å². The van der Waals surface area contributed by atoms with E-state index in [9.17, 15) is 4.79 Å². The lowest BCUT2D eigenvalue weighted by atomic mass is 10.1. The van der Waals surface area contributed by atoms with Crippen LogP contribution < -0.4 is 0 Å². The Kier molecular flexibility index (Phi) is 4.43. The maximum absolute atomic E-state index is 11.1. The normalized spacial score (nSPS) is 22.4. The fraction of sp³-hybridized carbons (Fsp3) is 0.385. The molecule has 0 bridgehead atoms. The molecule has 1 heterocycles. The van der Waals surface area contributed by atoms with E-state index in [0.29, 0.717) is 28.6 Å². The third-order valence-corrected chi connectivity index (χ3v) is 5.05. The minimum absolute atomic E-state index is 0.480. The second-order valence-corrected chi connectivity index (χ2v) is 6.44. The monoisotopic (exact) mass is 317 g/mol. The number of hydrogen-bond acceptors (Lipinski definition) is 3. The van der Waals surface area contributed by atoms with Gasteiger partial charge in [-0.1, -0.05) is 29.3 Å². The number of benzene rings is 1. The van der Waals surface area contributed by atoms with Crippen molar-refractivity contribution < 1.29 is 9.90 Å². The summed E-state index contributed by atoms with van der Waals surface area (Å²) in [5, 5.41) is 11.2. The largest absolute Gasteiger partial charge is 0.479 e. The molecule has 1 unspecified atom stereocenters. The summed E-state index contributed by atoms with van der Waals surface area (Å²) >= 11 is 13.7. The lowest BCUT2D eigenvalue weighted by Gasteiger charge is -2.11. The van der Waals surface area contributed by atoms with Gasteiger partial charge in [-0.05, 0) is 37.5 Å². The molecule has 0 fully saturated rings. The Morgan fingerprint density at radius 1 is 1.42 bits per heavy atom. The first kappa shape index (κ1) is 14.7. The topological polar surface area (TPSA) is 49.7 Å². The first-order chi connectivity index (χ1) is 8.92. The standard InChI is InChI=1S/C13H13Cl2NO2S/c1-13(12(17)18)7-19-11(16-13)6-5-8-9(14)3-2-4-10(8)15/h2-4H,5-7H2,1H3,(H,17,18). The Morgan fingerprint density at radius 3 is 2.58 bits per heavy atom. The van der Waals surface area contributed by atoms with Gasteiger partial charge in [0.15, 0.2) is 5.54 Å². The third kappa shape index (κ3) is 3.25. The van der Waals surface area contributed by atoms with Crippen LogP contribution in [0, 0.1) is 0 Å². The number of rotatable bonds is 4. The molecule has 1 aromatic carbocycles. The van der Waals surface area contributed by atoms with Gasteiger partial charge in [-0.25, -0.2) is 4.79 Å². The van der Waals surface area contributed by atoms with Crippen molar-refractivity contribution in [2.75, 3.05) is 5.75 Å². The zero-order valence-electron chi connectivity index (χ0n) is 10.3. The Morgan fingerprint density at radius 2 is 2.05 bits per heavy atom. The van der Waals surface area contributed by atoms with Crippen molar-refractivity contribution in [2.45, 2.75) is 25.3 Å². The third-order valence-electron chi connectivity index (χ3n) is 3.00. The number of carboxylic acids is 1. The predicted octanol–water partition coefficient (Wildman–Crippen LogP) is 3.91. The minimum atomic E-state index is -0.996. The predicted molar refractivity (Wildman–Crippen MR) is 80.7 cm³/mol. The average Bonchev–Trinajstić information content (AvgIpc) is 2.72. The highest BCUT2D eigenvalue weighted by atomic mass is 35.5. The number of hydrogen-bond donors (Lipinski definition) is 1. The number of aliphatic imine (C=N–C) groups is 1. The summed E-state index contributed by atoms with van der Waals surface area (Å²) in [6.45, 7) is 1.64. The molecule has 0 aromatic heterocycles. The molecule has 0 saturated carbocycles. The molecule has 19 heavy (non-hydrogen) atoms. The van der Waals surface area contributed by atoms with E-state index in [0.717, 1.165) is 10.6 Å². The number of thioether (sulfide) groups is 1. The van der Waals surface area contributed by atoms with Crippen LogP contribution in [-0.2, 0) is 11.2 Å². The summed E-state index contributed by atoms with van der Waals surface area (Å²) in [7, 11) is 0. The first-order valence-corrected chi connectivity index (χ1v) is 7.54. The highest BCUT2D eigenvalue weighted by Crippen LogP contribution is 2.32. The van der Waals surface area contributed by atoms with E-state index in [1.54, 1.807) is 25.1 Å². The molecule has 2 rings (SSSR count). The fourth-order valence-corrected chi connectivity index (χ4v) is 3.54. The Bertz CT molecular complexity index is 527. The van der Waals surface area contributed by atoms with Gasteiger partial charge in [0.25, 0.3) is 0 Å². The number of halogens is 2. The van der Waals surface area contributed by atoms with Crippen molar-refractivity contribution in [3.05, 3.63) is 33.8 Å². The van der Waals surface area contributed by atoms with E-state index in [2.05, 4.69) is 4.99 Å². The van der Waals surface area contributed by atoms with Gasteiger partial charge in [0.05, 0.1) is 5.04 Å². The number of aliphatic carboxylic acids is 1. The molecule has 0 radical (unpaired) electrons. The smallest absolute Gasteiger partial charge is 0.332 e. The summed E-state index contributed by atoms with van der Waals surface area (Å²) in [5.74, 6) is -0.403. The molecule has 0 saturated heterocycles. The van der Waals surface area contributed by atoms with Crippen LogP contribution in [0.15, 0.2) is 23.2 Å². The van der Waals surface area contributed by atoms with E-state index in [1.165, 1.54) is 11.8 Å². The Labute approximate surface area is 126 Å². The van der Waals surface area contributed by atoms with Crippen molar-refractivity contribution in [3.63, 3.8) is 0 Å². The van der Waals surface area contributed by atoms with E-state index in [-0.39, 0.29) is 0 Å². The van der Waals surface area contributed by atoms with Gasteiger partial charge in [-0.15, -0.1) is 11.8 Å². The molecule has 6 heteroatoms. The van der Waals surface area contributed by atoms with Crippen LogP contribution in [0.1, 0.15) is 18.9 Å². The van der Waals surface area contributed by atoms with Crippen LogP contribution >= 0.6 is 35.0 Å². The van der Waals surface area contributed by atoms with E-state index in [1.807, 2.05) is 0 Å². The number of nitrogens with zero attached hydrogens (tertiary/aromatic N) is 1. The highest BCUT2D eigenvalue weighted by Gasteiger charge is 2.37. The highest BCUT2D eigenvalue weighted by molar-refractivity contribution is 8.14. The van der Waals surface area contributed by atoms with Gasteiger partial charge in [-0.2, -0.15) is 0 Å². The molecule has 1 atom stereocenters. The van der Waals surface area contributed by atoms with Gasteiger partial charge in [0.1, 0.15) is 0 Å². The molecular weight excluding hydrogens is 305 g/mol. The summed E-state index contributed by atoms with van der Waals surface area (Å²) < 4.78 is 0. The second kappa shape index (κ2) is 5.73. The SMILES string of the molecule is CC1(C(=O)O)CSC(CCc2c(Cl)cccc2Cl)=N1. The fourth-order valence-electron chi connectivity index (χ4n) is 1.80. The second-order valence-electron chi connectivity index (χ2n) is 4.57. The van der Waals surface area contributed by atoms with Crippen LogP contribution in [0.5, 0.6) is 0 Å². The molecule has 1 aromatic rings. The number of carboxylic acid groups (broad SMARTS) is 1. The van der Waals surface area contributed by atoms with Gasteiger partial charge in [0.2, 0.25) is 0 Å². The van der Waals surface area contributed by atoms with Gasteiger partial charge >= 0.3 is 5.97 Å². The van der Waals surface area contributed by atoms with Crippen LogP contribution in [0.4, 0.5) is 0 Å². The lowest BCUT2D eigenvalue weighted by Crippen LogP contribution is -2.33. The maximum atomic E-state index is 11.1. The quantitative estimate of drug-likeness (QED) is 0.915. The molecular formula is C13H13Cl2NO2S. The zero-order chi connectivity index (χ0) is 14.0.